The van der Waals surface area contributed by atoms with Gasteiger partial charge in [-0.2, -0.15) is 18.3 Å². The average Bonchev–Trinajstić information content (AvgIpc) is 3.00. The molecule has 0 spiro atoms. The molecule has 10 heteroatoms. The lowest BCUT2D eigenvalue weighted by atomic mass is 9.99. The molecule has 4 rings (SSSR count). The van der Waals surface area contributed by atoms with Crippen LogP contribution in [0.4, 0.5) is 13.2 Å². The molecule has 2 unspecified atom stereocenters. The molecule has 0 aliphatic carbocycles. The lowest BCUT2D eigenvalue weighted by molar-refractivity contribution is -0.141. The number of carbonyl (C=O) groups excluding carboxylic acids is 1. The fraction of sp³-hybridized carbons (Fsp3) is 0.562. The number of alkyl halides is 3. The van der Waals surface area contributed by atoms with E-state index in [2.05, 4.69) is 26.0 Å². The number of fused-ring (bicyclic) bond motifs is 3. The Bertz CT molecular complexity index is 855. The summed E-state index contributed by atoms with van der Waals surface area (Å²) >= 11 is 3.14. The Morgan fingerprint density at radius 3 is 2.58 bits per heavy atom. The largest absolute Gasteiger partial charge is 0.408 e. The van der Waals surface area contributed by atoms with Gasteiger partial charge in [0.2, 0.25) is 0 Å². The first-order chi connectivity index (χ1) is 12.2. The second-order valence-corrected chi connectivity index (χ2v) is 7.62. The van der Waals surface area contributed by atoms with Crippen LogP contribution in [0.25, 0.3) is 10.9 Å². The molecule has 2 bridgehead atoms. The van der Waals surface area contributed by atoms with Crippen molar-refractivity contribution < 1.29 is 23.1 Å². The van der Waals surface area contributed by atoms with Gasteiger partial charge in [-0.3, -0.25) is 14.5 Å². The first kappa shape index (κ1) is 17.7. The molecule has 140 valence electrons. The first-order valence-electron chi connectivity index (χ1n) is 8.32. The maximum Gasteiger partial charge on any atom is 0.408 e. The Hall–Kier alpha value is -1.68. The van der Waals surface area contributed by atoms with Gasteiger partial charge in [-0.15, -0.1) is 0 Å². The fourth-order valence-electron chi connectivity index (χ4n) is 4.05. The van der Waals surface area contributed by atoms with Gasteiger partial charge in [-0.1, -0.05) is 0 Å². The van der Waals surface area contributed by atoms with Crippen LogP contribution in [0, 0.1) is 0 Å². The molecule has 2 aliphatic rings. The predicted molar refractivity (Wildman–Crippen MR) is 89.5 cm³/mol. The second kappa shape index (κ2) is 6.19. The van der Waals surface area contributed by atoms with Crippen molar-refractivity contribution in [1.82, 2.24) is 19.7 Å². The Labute approximate surface area is 155 Å². The Kier molecular flexibility index (Phi) is 4.22. The summed E-state index contributed by atoms with van der Waals surface area (Å²) in [5.74, 6) is -0.304. The molecule has 2 atom stereocenters. The molecule has 2 aromatic heterocycles. The van der Waals surface area contributed by atoms with E-state index in [9.17, 15) is 23.1 Å². The zero-order valence-electron chi connectivity index (χ0n) is 13.6. The molecule has 4 heterocycles. The summed E-state index contributed by atoms with van der Waals surface area (Å²) in [6.45, 7) is -1.24. The van der Waals surface area contributed by atoms with Crippen LogP contribution in [0.15, 0.2) is 16.9 Å². The van der Waals surface area contributed by atoms with Crippen LogP contribution in [-0.2, 0) is 6.54 Å². The number of aliphatic hydroxyl groups is 1. The number of hydrogen-bond acceptors (Lipinski definition) is 4. The lowest BCUT2D eigenvalue weighted by Crippen LogP contribution is -2.48. The fourth-order valence-corrected chi connectivity index (χ4v) is 4.55. The summed E-state index contributed by atoms with van der Waals surface area (Å²) in [6.07, 6.45) is -0.748. The van der Waals surface area contributed by atoms with Crippen molar-refractivity contribution >= 4 is 32.7 Å². The number of carbonyl (C=O) groups is 1. The highest BCUT2D eigenvalue weighted by Gasteiger charge is 2.43. The van der Waals surface area contributed by atoms with Gasteiger partial charge in [-0.05, 0) is 47.7 Å². The number of nitrogens with zero attached hydrogens (tertiary/aromatic N) is 4. The van der Waals surface area contributed by atoms with Crippen LogP contribution < -0.4 is 0 Å². The molecule has 2 aromatic rings. The maximum absolute atomic E-state index is 12.9. The molecule has 1 amide bonds. The molecule has 2 aliphatic heterocycles. The van der Waals surface area contributed by atoms with Crippen molar-refractivity contribution in [3.05, 3.63) is 22.6 Å². The third kappa shape index (κ3) is 3.09. The van der Waals surface area contributed by atoms with Crippen molar-refractivity contribution in [3.63, 3.8) is 0 Å². The maximum atomic E-state index is 12.9. The number of rotatable bonds is 2. The Morgan fingerprint density at radius 2 is 1.96 bits per heavy atom. The van der Waals surface area contributed by atoms with E-state index < -0.39 is 18.8 Å². The van der Waals surface area contributed by atoms with Crippen LogP contribution in [-0.4, -0.2) is 55.0 Å². The number of aromatic nitrogens is 3. The number of amides is 1. The lowest BCUT2D eigenvalue weighted by Gasteiger charge is -2.37. The van der Waals surface area contributed by atoms with E-state index in [0.29, 0.717) is 18.2 Å². The van der Waals surface area contributed by atoms with Crippen molar-refractivity contribution in [3.8, 4) is 0 Å². The zero-order valence-corrected chi connectivity index (χ0v) is 15.2. The van der Waals surface area contributed by atoms with Gasteiger partial charge in [0.25, 0.3) is 5.91 Å². The van der Waals surface area contributed by atoms with E-state index in [4.69, 9.17) is 0 Å². The topological polar surface area (TPSA) is 71.2 Å². The standard InChI is InChI=1S/C16H16BrF3N4O2/c17-14-11-6-21-12(5-13(11)23(22-14)7-16(18,19)20)15(26)24-8-1-2-9(24)4-10(25)3-8/h5-6,8-10,25H,1-4,7H2. The second-order valence-electron chi connectivity index (χ2n) is 6.87. The molecule has 0 aromatic carbocycles. The highest BCUT2D eigenvalue weighted by atomic mass is 79.9. The predicted octanol–water partition coefficient (Wildman–Crippen LogP) is 2.88. The normalized spacial score (nSPS) is 25.9. The number of halogens is 4. The first-order valence-corrected chi connectivity index (χ1v) is 9.12. The molecule has 26 heavy (non-hydrogen) atoms. The molecule has 2 saturated heterocycles. The molecule has 1 N–H and O–H groups in total. The van der Waals surface area contributed by atoms with Crippen molar-refractivity contribution in [1.29, 1.82) is 0 Å². The van der Waals surface area contributed by atoms with E-state index in [1.54, 1.807) is 4.90 Å². The van der Waals surface area contributed by atoms with Crippen molar-refractivity contribution in [2.24, 2.45) is 0 Å². The number of hydrogen-bond donors (Lipinski definition) is 1. The highest BCUT2D eigenvalue weighted by Crippen LogP contribution is 2.37. The van der Waals surface area contributed by atoms with Crippen LogP contribution >= 0.6 is 15.9 Å². The monoisotopic (exact) mass is 432 g/mol. The van der Waals surface area contributed by atoms with Crippen LogP contribution in [0.1, 0.15) is 36.2 Å². The van der Waals surface area contributed by atoms with E-state index in [0.717, 1.165) is 17.5 Å². The van der Waals surface area contributed by atoms with Crippen LogP contribution in [0.3, 0.4) is 0 Å². The molecule has 0 saturated carbocycles. The minimum Gasteiger partial charge on any atom is -0.393 e. The molecule has 0 radical (unpaired) electrons. The van der Waals surface area contributed by atoms with E-state index in [1.807, 2.05) is 0 Å². The van der Waals surface area contributed by atoms with Gasteiger partial charge < -0.3 is 10.0 Å². The summed E-state index contributed by atoms with van der Waals surface area (Å²) in [5.41, 5.74) is 0.304. The minimum atomic E-state index is -4.42. The van der Waals surface area contributed by atoms with E-state index >= 15 is 0 Å². The van der Waals surface area contributed by atoms with E-state index in [1.165, 1.54) is 12.3 Å². The smallest absolute Gasteiger partial charge is 0.393 e. The highest BCUT2D eigenvalue weighted by molar-refractivity contribution is 9.10. The number of piperidine rings is 1. The quantitative estimate of drug-likeness (QED) is 0.791. The number of aliphatic hydroxyl groups excluding tert-OH is 1. The zero-order chi connectivity index (χ0) is 18.6. The summed E-state index contributed by atoms with van der Waals surface area (Å²) < 4.78 is 39.4. The van der Waals surface area contributed by atoms with Gasteiger partial charge in [0, 0.05) is 18.3 Å². The van der Waals surface area contributed by atoms with Crippen LogP contribution in [0.5, 0.6) is 0 Å². The Balaban J connectivity index is 1.69. The van der Waals surface area contributed by atoms with Gasteiger partial charge in [0.1, 0.15) is 16.8 Å². The van der Waals surface area contributed by atoms with Gasteiger partial charge in [0.05, 0.1) is 17.0 Å². The third-order valence-electron chi connectivity index (χ3n) is 5.08. The van der Waals surface area contributed by atoms with Crippen LogP contribution in [0.2, 0.25) is 0 Å². The van der Waals surface area contributed by atoms with Gasteiger partial charge >= 0.3 is 6.18 Å². The van der Waals surface area contributed by atoms with Gasteiger partial charge in [-0.25, -0.2) is 0 Å². The van der Waals surface area contributed by atoms with Crippen molar-refractivity contribution in [2.45, 2.75) is 56.6 Å². The molecular weight excluding hydrogens is 417 g/mol. The van der Waals surface area contributed by atoms with Crippen molar-refractivity contribution in [2.75, 3.05) is 0 Å². The third-order valence-corrected chi connectivity index (χ3v) is 5.67. The molecule has 2 fully saturated rings. The number of pyridine rings is 1. The summed E-state index contributed by atoms with van der Waals surface area (Å²) in [5, 5.41) is 14.1. The average molecular weight is 433 g/mol. The summed E-state index contributed by atoms with van der Waals surface area (Å²) in [4.78, 5) is 18.8. The van der Waals surface area contributed by atoms with E-state index in [-0.39, 0.29) is 33.8 Å². The summed E-state index contributed by atoms with van der Waals surface area (Å²) in [6, 6.07) is 1.28. The molecular formula is C16H16BrF3N4O2. The van der Waals surface area contributed by atoms with Gasteiger partial charge in [0.15, 0.2) is 0 Å². The SMILES string of the molecule is O=C(c1cc2c(cn1)c(Br)nn2CC(F)(F)F)N1C2CCC1CC(O)C2. The Morgan fingerprint density at radius 1 is 1.31 bits per heavy atom. The minimum absolute atomic E-state index is 0.0411. The molecule has 6 nitrogen and oxygen atoms in total. The summed E-state index contributed by atoms with van der Waals surface area (Å²) in [7, 11) is 0.